The van der Waals surface area contributed by atoms with E-state index in [1.54, 1.807) is 60.0 Å². The molecule has 1 atom stereocenters. The van der Waals surface area contributed by atoms with Gasteiger partial charge in [-0.3, -0.25) is 18.9 Å². The summed E-state index contributed by atoms with van der Waals surface area (Å²) >= 11 is 2.52. The number of ether oxygens (including phenoxy) is 2. The number of fused-ring (bicyclic) bond motifs is 1. The third kappa shape index (κ3) is 6.45. The molecule has 1 unspecified atom stereocenters. The number of hydrogen-bond acceptors (Lipinski definition) is 10. The van der Waals surface area contributed by atoms with Crippen molar-refractivity contribution in [3.05, 3.63) is 101 Å². The molecular weight excluding hydrogens is 642 g/mol. The largest absolute Gasteiger partial charge is 0.505 e. The Balaban J connectivity index is 1.43. The van der Waals surface area contributed by atoms with Crippen LogP contribution in [0.1, 0.15) is 54.7 Å². The lowest BCUT2D eigenvalue weighted by Crippen LogP contribution is -2.29. The Morgan fingerprint density at radius 1 is 1.06 bits per heavy atom. The van der Waals surface area contributed by atoms with Crippen molar-refractivity contribution in [1.82, 2.24) is 19.6 Å². The summed E-state index contributed by atoms with van der Waals surface area (Å²) in [6, 6.07) is 15.7. The first-order valence-electron chi connectivity index (χ1n) is 15.1. The first-order valence-corrected chi connectivity index (χ1v) is 16.9. The average Bonchev–Trinajstić information content (AvgIpc) is 3.76. The van der Waals surface area contributed by atoms with Gasteiger partial charge in [0.05, 0.1) is 31.0 Å². The maximum Gasteiger partial charge on any atom is 0.301 e. The Bertz CT molecular complexity index is 1970. The van der Waals surface area contributed by atoms with Crippen molar-refractivity contribution in [2.45, 2.75) is 49.2 Å². The molecule has 47 heavy (non-hydrogen) atoms. The molecule has 1 saturated heterocycles. The van der Waals surface area contributed by atoms with Gasteiger partial charge >= 0.3 is 5.91 Å². The molecule has 5 aromatic rings. The smallest absolute Gasteiger partial charge is 0.301 e. The highest BCUT2D eigenvalue weighted by molar-refractivity contribution is 8.00. The lowest BCUT2D eigenvalue weighted by atomic mass is 9.96. The molecule has 2 aromatic carbocycles. The molecule has 3 aromatic heterocycles. The molecule has 1 N–H and O–H groups in total. The van der Waals surface area contributed by atoms with Gasteiger partial charge < -0.3 is 14.6 Å². The topological polar surface area (TPSA) is 119 Å². The summed E-state index contributed by atoms with van der Waals surface area (Å²) in [5.41, 5.74) is 2.65. The van der Waals surface area contributed by atoms with Crippen LogP contribution in [0.25, 0.3) is 11.4 Å². The maximum absolute atomic E-state index is 13.9. The van der Waals surface area contributed by atoms with Crippen molar-refractivity contribution in [3.8, 4) is 11.5 Å². The first-order chi connectivity index (χ1) is 22.8. The molecule has 4 heterocycles. The van der Waals surface area contributed by atoms with Gasteiger partial charge in [0.2, 0.25) is 5.13 Å². The van der Waals surface area contributed by atoms with E-state index in [9.17, 15) is 19.1 Å². The number of thioether (sulfide) groups is 1. The van der Waals surface area contributed by atoms with E-state index in [-0.39, 0.29) is 22.3 Å². The number of carbonyl (C=O) groups excluding carboxylic acids is 2. The Morgan fingerprint density at radius 3 is 2.64 bits per heavy atom. The number of anilines is 1. The summed E-state index contributed by atoms with van der Waals surface area (Å²) in [7, 11) is 1.52. The zero-order valence-electron chi connectivity index (χ0n) is 26.0. The fraction of sp³-hybridized carbons (Fsp3) is 0.265. The van der Waals surface area contributed by atoms with Crippen LogP contribution >= 0.6 is 23.1 Å². The molecule has 0 bridgehead atoms. The highest BCUT2D eigenvalue weighted by Gasteiger charge is 2.49. The van der Waals surface area contributed by atoms with Gasteiger partial charge in [0.25, 0.3) is 5.78 Å². The number of rotatable bonds is 12. The number of halogens is 1. The van der Waals surface area contributed by atoms with E-state index in [1.807, 2.05) is 6.07 Å². The number of pyridine rings is 1. The van der Waals surface area contributed by atoms with Crippen molar-refractivity contribution in [2.75, 3.05) is 18.6 Å². The van der Waals surface area contributed by atoms with Crippen LogP contribution in [0.5, 0.6) is 11.5 Å². The van der Waals surface area contributed by atoms with Crippen molar-refractivity contribution in [2.24, 2.45) is 0 Å². The lowest BCUT2D eigenvalue weighted by Gasteiger charge is -2.23. The number of imidazole rings is 1. The Kier molecular flexibility index (Phi) is 9.55. The fourth-order valence-electron chi connectivity index (χ4n) is 5.46. The number of Topliss-reactive ketones (excluding diaryl/α,β-unsaturated/α-hetero) is 1. The van der Waals surface area contributed by atoms with Gasteiger partial charge in [0, 0.05) is 11.9 Å². The van der Waals surface area contributed by atoms with E-state index in [0.29, 0.717) is 50.8 Å². The summed E-state index contributed by atoms with van der Waals surface area (Å²) in [5, 5.41) is 20.6. The second-order valence-corrected chi connectivity index (χ2v) is 13.1. The molecule has 0 spiro atoms. The lowest BCUT2D eigenvalue weighted by molar-refractivity contribution is -0.132. The van der Waals surface area contributed by atoms with Crippen LogP contribution in [0, 0.1) is 12.7 Å². The van der Waals surface area contributed by atoms with E-state index in [2.05, 4.69) is 22.1 Å². The predicted octanol–water partition coefficient (Wildman–Crippen LogP) is 7.13. The van der Waals surface area contributed by atoms with E-state index in [0.717, 1.165) is 36.2 Å². The molecule has 1 aliphatic rings. The fourth-order valence-corrected chi connectivity index (χ4v) is 7.29. The van der Waals surface area contributed by atoms with Crippen LogP contribution in [0.2, 0.25) is 0 Å². The number of amides is 1. The Hall–Kier alpha value is -4.75. The quantitative estimate of drug-likeness (QED) is 0.0368. The second kappa shape index (κ2) is 13.9. The highest BCUT2D eigenvalue weighted by Crippen LogP contribution is 2.46. The summed E-state index contributed by atoms with van der Waals surface area (Å²) in [6.07, 6.45) is 4.71. The van der Waals surface area contributed by atoms with Crippen LogP contribution in [0.3, 0.4) is 0 Å². The predicted molar refractivity (Wildman–Crippen MR) is 179 cm³/mol. The van der Waals surface area contributed by atoms with E-state index >= 15 is 0 Å². The van der Waals surface area contributed by atoms with E-state index in [1.165, 1.54) is 35.9 Å². The van der Waals surface area contributed by atoms with Gasteiger partial charge in [-0.15, -0.1) is 10.2 Å². The Morgan fingerprint density at radius 2 is 1.87 bits per heavy atom. The number of ketones is 1. The number of hydrogen-bond donors (Lipinski definition) is 1. The summed E-state index contributed by atoms with van der Waals surface area (Å²) in [4.78, 5) is 33.5. The second-order valence-electron chi connectivity index (χ2n) is 10.9. The van der Waals surface area contributed by atoms with Crippen LogP contribution in [0.4, 0.5) is 9.52 Å². The van der Waals surface area contributed by atoms with Crippen molar-refractivity contribution >= 4 is 51.3 Å². The normalized spacial score (nSPS) is 15.9. The molecule has 0 saturated carbocycles. The number of aliphatic hydroxyl groups excluding tert-OH is 1. The summed E-state index contributed by atoms with van der Waals surface area (Å²) in [5.74, 6) is -0.955. The number of unbranched alkanes of at least 4 members (excludes halogenated alkanes) is 2. The van der Waals surface area contributed by atoms with Gasteiger partial charge in [0.15, 0.2) is 21.6 Å². The van der Waals surface area contributed by atoms with Crippen LogP contribution in [-0.4, -0.2) is 50.1 Å². The third-order valence-electron chi connectivity index (χ3n) is 7.76. The van der Waals surface area contributed by atoms with Gasteiger partial charge in [-0.2, -0.15) is 0 Å². The SMILES string of the molecule is CCCCCOc1ccc(C2/C(=C(\O)c3c(C)nc4ccccn34)C(=O)C(=O)N2c2nnc(SCc3ccc(F)cc3)s2)cc1OC. The third-order valence-corrected chi connectivity index (χ3v) is 9.89. The Labute approximate surface area is 278 Å². The number of aromatic nitrogens is 4. The zero-order valence-corrected chi connectivity index (χ0v) is 27.6. The van der Waals surface area contributed by atoms with E-state index < -0.39 is 17.7 Å². The molecule has 1 amide bonds. The molecule has 13 heteroatoms. The van der Waals surface area contributed by atoms with Crippen LogP contribution in [-0.2, 0) is 15.3 Å². The average molecular weight is 674 g/mol. The van der Waals surface area contributed by atoms with Crippen molar-refractivity contribution < 1.29 is 28.6 Å². The van der Waals surface area contributed by atoms with Gasteiger partial charge in [-0.05, 0) is 60.9 Å². The standard InChI is InChI=1S/C34H32FN5O5S2/c1-4-5-8-17-45-24-15-12-22(18-25(24)44-3)29-27(30(41)28-20(2)36-26-9-6-7-16-39(26)28)31(42)32(43)40(29)33-37-38-34(47-33)46-19-21-10-13-23(35)14-11-21/h6-7,9-16,18,29,41H,4-5,8,17,19H2,1-3H3/b30-27+. The van der Waals surface area contributed by atoms with E-state index in [4.69, 9.17) is 9.47 Å². The van der Waals surface area contributed by atoms with Gasteiger partial charge in [0.1, 0.15) is 17.2 Å². The molecule has 6 rings (SSSR count). The van der Waals surface area contributed by atoms with Crippen molar-refractivity contribution in [3.63, 3.8) is 0 Å². The minimum absolute atomic E-state index is 0.113. The summed E-state index contributed by atoms with van der Waals surface area (Å²) in [6.45, 7) is 4.36. The zero-order chi connectivity index (χ0) is 33.1. The summed E-state index contributed by atoms with van der Waals surface area (Å²) < 4.78 is 27.3. The number of benzene rings is 2. The van der Waals surface area contributed by atoms with Crippen LogP contribution in [0.15, 0.2) is 76.8 Å². The molecular formula is C34H32FN5O5S2. The molecule has 1 aliphatic heterocycles. The number of carbonyl (C=O) groups is 2. The minimum atomic E-state index is -1.06. The number of nitrogens with zero attached hydrogens (tertiary/aromatic N) is 5. The highest BCUT2D eigenvalue weighted by atomic mass is 32.2. The number of aryl methyl sites for hydroxylation is 1. The van der Waals surface area contributed by atoms with Gasteiger partial charge in [-0.25, -0.2) is 9.37 Å². The molecule has 10 nitrogen and oxygen atoms in total. The number of aliphatic hydroxyl groups is 1. The van der Waals surface area contributed by atoms with Crippen molar-refractivity contribution in [1.29, 1.82) is 0 Å². The maximum atomic E-state index is 13.9. The molecule has 1 fully saturated rings. The monoisotopic (exact) mass is 673 g/mol. The first kappa shape index (κ1) is 32.2. The van der Waals surface area contributed by atoms with Crippen LogP contribution < -0.4 is 14.4 Å². The minimum Gasteiger partial charge on any atom is -0.505 e. The molecule has 242 valence electrons. The van der Waals surface area contributed by atoms with Gasteiger partial charge in [-0.1, -0.05) is 67.1 Å². The molecule has 0 aliphatic carbocycles. The molecule has 0 radical (unpaired) electrons. The number of methoxy groups -OCH3 is 1.